The molecule has 1 saturated carbocycles. The van der Waals surface area contributed by atoms with Crippen molar-refractivity contribution in [1.29, 1.82) is 0 Å². The minimum absolute atomic E-state index is 0.00630. The number of nitrogens with one attached hydrogen (secondary N) is 2. The number of amides is 2. The summed E-state index contributed by atoms with van der Waals surface area (Å²) in [4.78, 5) is 13.6. The van der Waals surface area contributed by atoms with Crippen LogP contribution in [-0.4, -0.2) is 25.2 Å². The lowest BCUT2D eigenvalue weighted by Gasteiger charge is -2.34. The Hall–Kier alpha value is -1.71. The maximum absolute atomic E-state index is 11.8. The van der Waals surface area contributed by atoms with E-state index in [2.05, 4.69) is 36.6 Å². The molecule has 0 bridgehead atoms. The van der Waals surface area contributed by atoms with Crippen LogP contribution in [0.4, 0.5) is 16.2 Å². The minimum Gasteiger partial charge on any atom is -0.382 e. The fraction of sp³-hybridized carbons (Fsp3) is 0.588. The second-order valence-corrected chi connectivity index (χ2v) is 6.58. The van der Waals surface area contributed by atoms with Gasteiger partial charge in [-0.3, -0.25) is 4.90 Å². The molecule has 2 amide bonds. The molecule has 1 aliphatic heterocycles. The van der Waals surface area contributed by atoms with E-state index in [9.17, 15) is 4.79 Å². The first-order valence-electron chi connectivity index (χ1n) is 8.05. The zero-order valence-corrected chi connectivity index (χ0v) is 12.9. The summed E-state index contributed by atoms with van der Waals surface area (Å²) in [6.45, 7) is 6.15. The van der Waals surface area contributed by atoms with Crippen LogP contribution in [0.1, 0.15) is 33.1 Å². The standard InChI is InChI=1S/C17H25N3O/c1-12-6-7-13(2)16(10-12)19-14-4-3-5-15(11-14)20-9-8-18-17(20)21/h3-5,11-13,16,19H,6-10H2,1-2H3,(H,18,21). The summed E-state index contributed by atoms with van der Waals surface area (Å²) >= 11 is 0. The Morgan fingerprint density at radius 3 is 2.90 bits per heavy atom. The SMILES string of the molecule is CC1CCC(C)C(Nc2cccc(N3CCNC3=O)c2)C1. The molecule has 3 atom stereocenters. The zero-order chi connectivity index (χ0) is 14.8. The highest BCUT2D eigenvalue weighted by Crippen LogP contribution is 2.31. The summed E-state index contributed by atoms with van der Waals surface area (Å²) in [6, 6.07) is 8.77. The van der Waals surface area contributed by atoms with Crippen LogP contribution in [0, 0.1) is 11.8 Å². The summed E-state index contributed by atoms with van der Waals surface area (Å²) in [6.07, 6.45) is 3.87. The van der Waals surface area contributed by atoms with Gasteiger partial charge in [0.2, 0.25) is 0 Å². The van der Waals surface area contributed by atoms with Gasteiger partial charge in [-0.2, -0.15) is 0 Å². The number of urea groups is 1. The van der Waals surface area contributed by atoms with E-state index < -0.39 is 0 Å². The van der Waals surface area contributed by atoms with Gasteiger partial charge in [0.15, 0.2) is 0 Å². The van der Waals surface area contributed by atoms with Crippen LogP contribution in [0.15, 0.2) is 24.3 Å². The van der Waals surface area contributed by atoms with E-state index in [0.717, 1.165) is 30.4 Å². The fourth-order valence-corrected chi connectivity index (χ4v) is 3.43. The van der Waals surface area contributed by atoms with Crippen molar-refractivity contribution >= 4 is 17.4 Å². The molecule has 2 N–H and O–H groups in total. The van der Waals surface area contributed by atoms with Crippen molar-refractivity contribution < 1.29 is 4.79 Å². The van der Waals surface area contributed by atoms with Gasteiger partial charge in [-0.05, 0) is 42.9 Å². The normalized spacial score (nSPS) is 29.3. The van der Waals surface area contributed by atoms with Gasteiger partial charge in [0, 0.05) is 30.5 Å². The molecule has 0 aromatic heterocycles. The molecule has 3 rings (SSSR count). The third-order valence-corrected chi connectivity index (χ3v) is 4.82. The van der Waals surface area contributed by atoms with Crippen LogP contribution in [0.25, 0.3) is 0 Å². The summed E-state index contributed by atoms with van der Waals surface area (Å²) in [7, 11) is 0. The highest BCUT2D eigenvalue weighted by molar-refractivity contribution is 5.94. The lowest BCUT2D eigenvalue weighted by atomic mass is 9.80. The molecule has 0 radical (unpaired) electrons. The molecule has 2 aliphatic rings. The number of carbonyl (C=O) groups is 1. The maximum Gasteiger partial charge on any atom is 0.321 e. The predicted octanol–water partition coefficient (Wildman–Crippen LogP) is 3.45. The van der Waals surface area contributed by atoms with E-state index in [1.54, 1.807) is 4.90 Å². The first-order chi connectivity index (χ1) is 10.1. The molecule has 0 spiro atoms. The van der Waals surface area contributed by atoms with Crippen LogP contribution in [0.2, 0.25) is 0 Å². The van der Waals surface area contributed by atoms with Gasteiger partial charge in [-0.15, -0.1) is 0 Å². The fourth-order valence-electron chi connectivity index (χ4n) is 3.43. The Labute approximate surface area is 126 Å². The predicted molar refractivity (Wildman–Crippen MR) is 86.8 cm³/mol. The molecular weight excluding hydrogens is 262 g/mol. The molecule has 21 heavy (non-hydrogen) atoms. The van der Waals surface area contributed by atoms with Gasteiger partial charge < -0.3 is 10.6 Å². The molecule has 1 aromatic carbocycles. The monoisotopic (exact) mass is 287 g/mol. The molecule has 4 nitrogen and oxygen atoms in total. The van der Waals surface area contributed by atoms with Crippen molar-refractivity contribution in [3.8, 4) is 0 Å². The molecule has 4 heteroatoms. The summed E-state index contributed by atoms with van der Waals surface area (Å²) < 4.78 is 0. The van der Waals surface area contributed by atoms with E-state index in [1.165, 1.54) is 19.3 Å². The van der Waals surface area contributed by atoms with Gasteiger partial charge in [0.25, 0.3) is 0 Å². The van der Waals surface area contributed by atoms with Crippen molar-refractivity contribution in [1.82, 2.24) is 5.32 Å². The molecule has 1 heterocycles. The number of hydrogen-bond acceptors (Lipinski definition) is 2. The summed E-state index contributed by atoms with van der Waals surface area (Å²) in [5.74, 6) is 1.51. The topological polar surface area (TPSA) is 44.4 Å². The average molecular weight is 287 g/mol. The summed E-state index contributed by atoms with van der Waals surface area (Å²) in [5, 5.41) is 6.53. The number of rotatable bonds is 3. The van der Waals surface area contributed by atoms with Crippen molar-refractivity contribution in [2.45, 2.75) is 39.2 Å². The molecular formula is C17H25N3O. The quantitative estimate of drug-likeness (QED) is 0.894. The minimum atomic E-state index is 0.00630. The van der Waals surface area contributed by atoms with Crippen molar-refractivity contribution in [3.05, 3.63) is 24.3 Å². The maximum atomic E-state index is 11.8. The smallest absolute Gasteiger partial charge is 0.321 e. The molecule has 1 saturated heterocycles. The van der Waals surface area contributed by atoms with Gasteiger partial charge >= 0.3 is 6.03 Å². The number of hydrogen-bond donors (Lipinski definition) is 2. The highest BCUT2D eigenvalue weighted by atomic mass is 16.2. The largest absolute Gasteiger partial charge is 0.382 e. The van der Waals surface area contributed by atoms with Crippen LogP contribution in [0.5, 0.6) is 0 Å². The van der Waals surface area contributed by atoms with Crippen molar-refractivity contribution in [3.63, 3.8) is 0 Å². The van der Waals surface area contributed by atoms with Crippen molar-refractivity contribution in [2.24, 2.45) is 11.8 Å². The van der Waals surface area contributed by atoms with Crippen LogP contribution in [-0.2, 0) is 0 Å². The number of benzene rings is 1. The highest BCUT2D eigenvalue weighted by Gasteiger charge is 2.26. The van der Waals surface area contributed by atoms with Crippen LogP contribution in [0.3, 0.4) is 0 Å². The lowest BCUT2D eigenvalue weighted by Crippen LogP contribution is -2.33. The number of anilines is 2. The van der Waals surface area contributed by atoms with E-state index in [-0.39, 0.29) is 6.03 Å². The Bertz CT molecular complexity index is 517. The number of carbonyl (C=O) groups excluding carboxylic acids is 1. The molecule has 2 fully saturated rings. The van der Waals surface area contributed by atoms with Gasteiger partial charge in [-0.1, -0.05) is 26.3 Å². The second kappa shape index (κ2) is 5.96. The lowest BCUT2D eigenvalue weighted by molar-refractivity contribution is 0.252. The third-order valence-electron chi connectivity index (χ3n) is 4.82. The second-order valence-electron chi connectivity index (χ2n) is 6.58. The van der Waals surface area contributed by atoms with E-state index in [0.29, 0.717) is 12.0 Å². The first kappa shape index (κ1) is 14.2. The number of nitrogens with zero attached hydrogens (tertiary/aromatic N) is 1. The first-order valence-corrected chi connectivity index (χ1v) is 8.05. The average Bonchev–Trinajstić information content (AvgIpc) is 2.89. The van der Waals surface area contributed by atoms with E-state index >= 15 is 0 Å². The van der Waals surface area contributed by atoms with Crippen LogP contribution < -0.4 is 15.5 Å². The Morgan fingerprint density at radius 2 is 2.14 bits per heavy atom. The molecule has 1 aliphatic carbocycles. The Balaban J connectivity index is 1.72. The van der Waals surface area contributed by atoms with Gasteiger partial charge in [0.1, 0.15) is 0 Å². The molecule has 1 aromatic rings. The van der Waals surface area contributed by atoms with Gasteiger partial charge in [0.05, 0.1) is 0 Å². The van der Waals surface area contributed by atoms with Crippen molar-refractivity contribution in [2.75, 3.05) is 23.3 Å². The summed E-state index contributed by atoms with van der Waals surface area (Å²) in [5.41, 5.74) is 2.10. The van der Waals surface area contributed by atoms with E-state index in [1.807, 2.05) is 12.1 Å². The van der Waals surface area contributed by atoms with E-state index in [4.69, 9.17) is 0 Å². The van der Waals surface area contributed by atoms with Gasteiger partial charge in [-0.25, -0.2) is 4.79 Å². The molecule has 114 valence electrons. The molecule has 3 unspecified atom stereocenters. The zero-order valence-electron chi connectivity index (χ0n) is 12.9. The Kier molecular flexibility index (Phi) is 4.04. The third kappa shape index (κ3) is 3.14. The Morgan fingerprint density at radius 1 is 1.29 bits per heavy atom. The van der Waals surface area contributed by atoms with Crippen LogP contribution >= 0.6 is 0 Å².